The zero-order valence-corrected chi connectivity index (χ0v) is 48.8. The number of Topliss-reactive ketones (excluding diaryl/α,β-unsaturated/α-hetero) is 2. The molecule has 0 N–H and O–H groups in total. The quantitative estimate of drug-likeness (QED) is 0.263. The van der Waals surface area contributed by atoms with Gasteiger partial charge >= 0.3 is 0 Å². The molecule has 0 spiro atoms. The molecule has 0 aromatic carbocycles. The lowest BCUT2D eigenvalue weighted by molar-refractivity contribution is -0.120. The molecule has 2 atom stereocenters. The van der Waals surface area contributed by atoms with Crippen molar-refractivity contribution >= 4 is 43.3 Å². The van der Waals surface area contributed by atoms with Crippen molar-refractivity contribution in [1.29, 1.82) is 0 Å². The zero-order chi connectivity index (χ0) is 47.1. The lowest BCUT2D eigenvalue weighted by Gasteiger charge is -2.49. The predicted molar refractivity (Wildman–Crippen MR) is 285 cm³/mol. The van der Waals surface area contributed by atoms with Crippen LogP contribution in [0.3, 0.4) is 0 Å². The molecule has 6 heteroatoms. The Hall–Kier alpha value is 1.06. The smallest absolute Gasteiger partial charge is 0.133 e. The van der Waals surface area contributed by atoms with Gasteiger partial charge in [-0.15, -0.1) is 0 Å². The number of hydrogen-bond acceptors (Lipinski definition) is 2. The maximum Gasteiger partial charge on any atom is 0.133 e. The molecule has 2 unspecified atom stereocenters. The fourth-order valence-electron chi connectivity index (χ4n) is 14.5. The van der Waals surface area contributed by atoms with Crippen LogP contribution >= 0.6 is 31.7 Å². The number of hydrogen-bond donors (Lipinski definition) is 0. The Morgan fingerprint density at radius 1 is 0.300 bits per heavy atom. The van der Waals surface area contributed by atoms with E-state index in [0.29, 0.717) is 48.2 Å². The van der Waals surface area contributed by atoms with E-state index in [2.05, 4.69) is 166 Å². The standard InChI is InChI=1S/C14H27OP.C14H29P.C13H25OP.C13H27P/c1-11(2)16-13(3,4)9-7-8-12(15)10-14(16,5)6;1-12(2)15-13(3,4)10-8-7-9-11-14(15,5)6;1-10(2)15-12(3,4)8-7-11(14)9-13(15,5)6;1-11(2)14-12(3,4)9-7-8-10-13(14,5)6/h11H,7-10H2,1-6H3;12H,7-11H2,1-6H3;10H,7-9H2,1-6H3;11H,7-10H2,1-6H3. The summed E-state index contributed by atoms with van der Waals surface area (Å²) < 4.78 is 0. The SMILES string of the molecule is CC(C)P1C(C)(C)CCC(=O)CC1(C)C.CC(C)P1C(C)(C)CCCC(=O)CC1(C)C.CC(C)P1C(C)(C)CCCCC1(C)C.CC(C)P1C(C)(C)CCCCCC1(C)C. The fourth-order valence-corrected chi connectivity index (χ4v) is 35.3. The second kappa shape index (κ2) is 23.2. The van der Waals surface area contributed by atoms with E-state index in [9.17, 15) is 9.59 Å². The van der Waals surface area contributed by atoms with Crippen LogP contribution in [0.25, 0.3) is 0 Å². The first-order valence-corrected chi connectivity index (χ1v) is 30.7. The molecule has 356 valence electrons. The monoisotopic (exact) mass is 913 g/mol. The molecule has 4 fully saturated rings. The van der Waals surface area contributed by atoms with Gasteiger partial charge in [0.2, 0.25) is 0 Å². The van der Waals surface area contributed by atoms with Crippen molar-refractivity contribution in [2.75, 3.05) is 0 Å². The minimum absolute atomic E-state index is 0.0913. The molecule has 0 radical (unpaired) electrons. The number of carbonyl (C=O) groups is 2. The first-order valence-electron chi connectivity index (χ1n) is 25.1. The molecular weight excluding hydrogens is 804 g/mol. The third kappa shape index (κ3) is 17.4. The molecule has 0 amide bonds. The van der Waals surface area contributed by atoms with Gasteiger partial charge in [-0.3, -0.25) is 9.59 Å². The summed E-state index contributed by atoms with van der Waals surface area (Å²) in [6.45, 7) is 57.9. The third-order valence-corrected chi connectivity index (χ3v) is 30.9. The van der Waals surface area contributed by atoms with Gasteiger partial charge in [-0.25, -0.2) is 0 Å². The van der Waals surface area contributed by atoms with Crippen molar-refractivity contribution in [1.82, 2.24) is 0 Å². The van der Waals surface area contributed by atoms with Crippen LogP contribution in [0.15, 0.2) is 0 Å². The normalized spacial score (nSPS) is 28.9. The highest BCUT2D eigenvalue weighted by Gasteiger charge is 2.47. The maximum absolute atomic E-state index is 11.8. The number of rotatable bonds is 4. The van der Waals surface area contributed by atoms with Crippen molar-refractivity contribution in [3.05, 3.63) is 0 Å². The van der Waals surface area contributed by atoms with Crippen LogP contribution in [0.4, 0.5) is 0 Å². The Balaban J connectivity index is 0.000000400. The summed E-state index contributed by atoms with van der Waals surface area (Å²) in [6, 6.07) is 0. The Labute approximate surface area is 383 Å². The van der Waals surface area contributed by atoms with Gasteiger partial charge in [-0.05, 0) is 109 Å². The van der Waals surface area contributed by atoms with Gasteiger partial charge in [0.25, 0.3) is 0 Å². The van der Waals surface area contributed by atoms with Crippen LogP contribution in [0.2, 0.25) is 0 Å². The lowest BCUT2D eigenvalue weighted by atomic mass is 9.98. The zero-order valence-electron chi connectivity index (χ0n) is 45.2. The van der Waals surface area contributed by atoms with Gasteiger partial charge in [-0.2, -0.15) is 0 Å². The lowest BCUT2D eigenvalue weighted by Crippen LogP contribution is -2.37. The molecule has 0 saturated carbocycles. The van der Waals surface area contributed by atoms with Crippen LogP contribution in [0.5, 0.6) is 0 Å². The summed E-state index contributed by atoms with van der Waals surface area (Å²) in [5.41, 5.74) is 3.19. The highest BCUT2D eigenvalue weighted by Crippen LogP contribution is 2.69. The topological polar surface area (TPSA) is 34.1 Å². The van der Waals surface area contributed by atoms with E-state index in [1.54, 1.807) is 0 Å². The maximum atomic E-state index is 11.8. The summed E-state index contributed by atoms with van der Waals surface area (Å²) in [6.07, 6.45) is 19.6. The Bertz CT molecular complexity index is 1280. The molecule has 4 heterocycles. The van der Waals surface area contributed by atoms with Gasteiger partial charge in [0.05, 0.1) is 0 Å². The Morgan fingerprint density at radius 3 is 0.800 bits per heavy atom. The molecule has 4 rings (SSSR count). The van der Waals surface area contributed by atoms with Crippen LogP contribution in [-0.4, -0.2) is 75.5 Å². The average molecular weight is 913 g/mol. The molecule has 0 bridgehead atoms. The van der Waals surface area contributed by atoms with E-state index in [1.807, 2.05) is 0 Å². The largest absolute Gasteiger partial charge is 0.300 e. The third-order valence-electron chi connectivity index (χ3n) is 14.7. The van der Waals surface area contributed by atoms with Crippen molar-refractivity contribution in [2.45, 2.75) is 333 Å². The molecule has 0 aliphatic carbocycles. The van der Waals surface area contributed by atoms with Crippen molar-refractivity contribution in [3.8, 4) is 0 Å². The van der Waals surface area contributed by atoms with E-state index >= 15 is 0 Å². The molecular formula is C54H108O2P4. The molecule has 2 nitrogen and oxygen atoms in total. The van der Waals surface area contributed by atoms with Gasteiger partial charge in [-0.1, -0.05) is 230 Å². The second-order valence-corrected chi connectivity index (χ2v) is 42.7. The summed E-state index contributed by atoms with van der Waals surface area (Å²) >= 11 is 0. The van der Waals surface area contributed by atoms with E-state index in [0.717, 1.165) is 55.5 Å². The van der Waals surface area contributed by atoms with Gasteiger partial charge in [0.1, 0.15) is 11.6 Å². The Morgan fingerprint density at radius 2 is 0.517 bits per heavy atom. The van der Waals surface area contributed by atoms with Crippen molar-refractivity contribution in [3.63, 3.8) is 0 Å². The van der Waals surface area contributed by atoms with Gasteiger partial charge in [0.15, 0.2) is 0 Å². The van der Waals surface area contributed by atoms with E-state index < -0.39 is 0 Å². The van der Waals surface area contributed by atoms with E-state index in [1.165, 1.54) is 64.2 Å². The first-order chi connectivity index (χ1) is 26.9. The summed E-state index contributed by atoms with van der Waals surface area (Å²) in [4.78, 5) is 23.6. The summed E-state index contributed by atoms with van der Waals surface area (Å²) in [7, 11) is 0.0955. The molecule has 0 aromatic heterocycles. The molecule has 60 heavy (non-hydrogen) atoms. The van der Waals surface area contributed by atoms with Crippen LogP contribution in [-0.2, 0) is 9.59 Å². The highest BCUT2D eigenvalue weighted by molar-refractivity contribution is 7.62. The number of ketones is 2. The fraction of sp³-hybridized carbons (Fsp3) is 0.963. The van der Waals surface area contributed by atoms with E-state index in [4.69, 9.17) is 0 Å². The molecule has 4 aliphatic rings. The molecule has 0 aromatic rings. The molecule has 4 aliphatic heterocycles. The van der Waals surface area contributed by atoms with E-state index in [-0.39, 0.29) is 42.0 Å². The predicted octanol–water partition coefficient (Wildman–Crippen LogP) is 19.2. The summed E-state index contributed by atoms with van der Waals surface area (Å²) in [5.74, 6) is 0.951. The second-order valence-electron chi connectivity index (χ2n) is 25.9. The van der Waals surface area contributed by atoms with Crippen molar-refractivity contribution in [2.24, 2.45) is 0 Å². The highest BCUT2D eigenvalue weighted by atomic mass is 31.1. The number of carbonyl (C=O) groups excluding carboxylic acids is 2. The molecule has 4 saturated heterocycles. The minimum Gasteiger partial charge on any atom is -0.300 e. The summed E-state index contributed by atoms with van der Waals surface area (Å²) in [5, 5.41) is 3.60. The van der Waals surface area contributed by atoms with Crippen LogP contribution in [0.1, 0.15) is 269 Å². The Kier molecular flexibility index (Phi) is 22.8. The van der Waals surface area contributed by atoms with Gasteiger partial charge in [0, 0.05) is 25.7 Å². The average Bonchev–Trinajstić information content (AvgIpc) is 3.15. The van der Waals surface area contributed by atoms with Crippen LogP contribution < -0.4 is 0 Å². The van der Waals surface area contributed by atoms with Crippen molar-refractivity contribution < 1.29 is 9.59 Å². The van der Waals surface area contributed by atoms with Crippen LogP contribution in [0, 0.1) is 0 Å². The van der Waals surface area contributed by atoms with Gasteiger partial charge < -0.3 is 0 Å². The first kappa shape index (κ1) is 59.1. The minimum atomic E-state index is -0.108.